The molecule has 0 bridgehead atoms. The van der Waals surface area contributed by atoms with E-state index in [2.05, 4.69) is 19.9 Å². The number of nitrogens with zero attached hydrogens (tertiary/aromatic N) is 3. The van der Waals surface area contributed by atoms with Gasteiger partial charge in [0.2, 0.25) is 5.13 Å². The largest absolute Gasteiger partial charge is 0.416 e. The molecule has 0 spiro atoms. The summed E-state index contributed by atoms with van der Waals surface area (Å²) in [6.07, 6.45) is -2.05. The standard InChI is InChI=1S/C19H16F3N5S2/c20-19(21,22)14-5-1-11(2-6-14)7-15(23)10-24-18-27-26-17(28-18)12-3-4-13-9-25-29-16(13)8-12/h1-6,8-9,15H,7,10,23H2,(H,24,27)/t15-/m1/s1. The van der Waals surface area contributed by atoms with Crippen molar-refractivity contribution in [2.45, 2.75) is 18.6 Å². The molecule has 10 heteroatoms. The minimum Gasteiger partial charge on any atom is -0.359 e. The zero-order chi connectivity index (χ0) is 20.4. The number of halogens is 3. The summed E-state index contributed by atoms with van der Waals surface area (Å²) in [7, 11) is 0. The molecule has 29 heavy (non-hydrogen) atoms. The Morgan fingerprint density at radius 2 is 1.86 bits per heavy atom. The summed E-state index contributed by atoms with van der Waals surface area (Å²) in [6, 6.07) is 10.8. The van der Waals surface area contributed by atoms with Crippen molar-refractivity contribution >= 4 is 38.1 Å². The van der Waals surface area contributed by atoms with E-state index < -0.39 is 11.7 Å². The van der Waals surface area contributed by atoms with Crippen LogP contribution in [0.5, 0.6) is 0 Å². The molecule has 2 heterocycles. The lowest BCUT2D eigenvalue weighted by Gasteiger charge is -2.13. The van der Waals surface area contributed by atoms with Gasteiger partial charge in [0.15, 0.2) is 0 Å². The van der Waals surface area contributed by atoms with Crippen molar-refractivity contribution in [3.63, 3.8) is 0 Å². The van der Waals surface area contributed by atoms with Gasteiger partial charge in [0.25, 0.3) is 0 Å². The fourth-order valence-corrected chi connectivity index (χ4v) is 4.26. The van der Waals surface area contributed by atoms with E-state index in [0.29, 0.717) is 18.1 Å². The maximum atomic E-state index is 12.6. The van der Waals surface area contributed by atoms with Crippen LogP contribution in [0.15, 0.2) is 48.7 Å². The summed E-state index contributed by atoms with van der Waals surface area (Å²) in [5.74, 6) is 0. The molecule has 0 radical (unpaired) electrons. The number of benzene rings is 2. The molecule has 4 aromatic rings. The lowest BCUT2D eigenvalue weighted by molar-refractivity contribution is -0.137. The predicted molar refractivity (Wildman–Crippen MR) is 110 cm³/mol. The molecule has 4 rings (SSSR count). The molecular formula is C19H16F3N5S2. The molecule has 0 amide bonds. The van der Waals surface area contributed by atoms with E-state index in [-0.39, 0.29) is 6.04 Å². The summed E-state index contributed by atoms with van der Waals surface area (Å²) in [5, 5.41) is 14.0. The van der Waals surface area contributed by atoms with Crippen LogP contribution in [0.3, 0.4) is 0 Å². The van der Waals surface area contributed by atoms with E-state index >= 15 is 0 Å². The van der Waals surface area contributed by atoms with Gasteiger partial charge in [-0.3, -0.25) is 0 Å². The Labute approximate surface area is 172 Å². The average molecular weight is 436 g/mol. The molecule has 0 aliphatic rings. The first kappa shape index (κ1) is 19.7. The van der Waals surface area contributed by atoms with Crippen LogP contribution in [0.1, 0.15) is 11.1 Å². The van der Waals surface area contributed by atoms with Gasteiger partial charge in [-0.05, 0) is 41.7 Å². The van der Waals surface area contributed by atoms with Gasteiger partial charge >= 0.3 is 6.18 Å². The van der Waals surface area contributed by atoms with Gasteiger partial charge in [-0.15, -0.1) is 10.2 Å². The van der Waals surface area contributed by atoms with Crippen LogP contribution in [0.4, 0.5) is 18.3 Å². The van der Waals surface area contributed by atoms with Crippen LogP contribution in [-0.4, -0.2) is 27.2 Å². The number of nitrogens with one attached hydrogen (secondary N) is 1. The van der Waals surface area contributed by atoms with Crippen molar-refractivity contribution in [2.75, 3.05) is 11.9 Å². The van der Waals surface area contributed by atoms with Gasteiger partial charge in [0.1, 0.15) is 5.01 Å². The van der Waals surface area contributed by atoms with Crippen molar-refractivity contribution in [1.82, 2.24) is 14.6 Å². The number of anilines is 1. The molecule has 0 unspecified atom stereocenters. The summed E-state index contributed by atoms with van der Waals surface area (Å²) in [5.41, 5.74) is 7.18. The number of hydrogen-bond acceptors (Lipinski definition) is 7. The molecule has 0 aliphatic heterocycles. The summed E-state index contributed by atoms with van der Waals surface area (Å²) in [6.45, 7) is 0.434. The Bertz CT molecular complexity index is 1100. The van der Waals surface area contributed by atoms with Crippen LogP contribution in [0.2, 0.25) is 0 Å². The highest BCUT2D eigenvalue weighted by Crippen LogP contribution is 2.31. The molecule has 5 nitrogen and oxygen atoms in total. The molecule has 2 aromatic heterocycles. The third-order valence-electron chi connectivity index (χ3n) is 4.32. The molecule has 150 valence electrons. The highest BCUT2D eigenvalue weighted by atomic mass is 32.1. The molecule has 3 N–H and O–H groups in total. The minimum atomic E-state index is -4.33. The summed E-state index contributed by atoms with van der Waals surface area (Å²) in [4.78, 5) is 0. The second-order valence-corrected chi connectivity index (χ2v) is 8.34. The van der Waals surface area contributed by atoms with Crippen LogP contribution in [-0.2, 0) is 12.6 Å². The summed E-state index contributed by atoms with van der Waals surface area (Å²) < 4.78 is 43.1. The molecular weight excluding hydrogens is 419 g/mol. The lowest BCUT2D eigenvalue weighted by Crippen LogP contribution is -2.31. The minimum absolute atomic E-state index is 0.271. The van der Waals surface area contributed by atoms with Gasteiger partial charge in [-0.2, -0.15) is 17.5 Å². The third kappa shape index (κ3) is 4.72. The van der Waals surface area contributed by atoms with E-state index in [1.807, 2.05) is 24.4 Å². The van der Waals surface area contributed by atoms with Gasteiger partial charge in [-0.25, -0.2) is 0 Å². The fraction of sp³-hybridized carbons (Fsp3) is 0.211. The second-order valence-electron chi connectivity index (χ2n) is 6.53. The van der Waals surface area contributed by atoms with Crippen LogP contribution in [0, 0.1) is 0 Å². The summed E-state index contributed by atoms with van der Waals surface area (Å²) >= 11 is 2.85. The number of alkyl halides is 3. The van der Waals surface area contributed by atoms with Gasteiger partial charge in [0, 0.05) is 29.7 Å². The maximum absolute atomic E-state index is 12.6. The average Bonchev–Trinajstić information content (AvgIpc) is 3.35. The Balaban J connectivity index is 1.34. The molecule has 0 saturated carbocycles. The van der Waals surface area contributed by atoms with Crippen LogP contribution >= 0.6 is 22.9 Å². The van der Waals surface area contributed by atoms with Gasteiger partial charge in [0.05, 0.1) is 10.3 Å². The Kier molecular flexibility index (Phi) is 5.48. The van der Waals surface area contributed by atoms with Crippen molar-refractivity contribution in [1.29, 1.82) is 0 Å². The Morgan fingerprint density at radius 3 is 2.62 bits per heavy atom. The second kappa shape index (κ2) is 8.05. The molecule has 2 aromatic carbocycles. The first-order chi connectivity index (χ1) is 13.9. The third-order valence-corrected chi connectivity index (χ3v) is 6.01. The van der Waals surface area contributed by atoms with Gasteiger partial charge < -0.3 is 11.1 Å². The normalized spacial score (nSPS) is 13.0. The smallest absolute Gasteiger partial charge is 0.359 e. The monoisotopic (exact) mass is 435 g/mol. The number of fused-ring (bicyclic) bond motifs is 1. The molecule has 0 saturated heterocycles. The number of hydrogen-bond donors (Lipinski definition) is 2. The van der Waals surface area contributed by atoms with Crippen molar-refractivity contribution in [3.05, 3.63) is 59.8 Å². The van der Waals surface area contributed by atoms with E-state index in [1.165, 1.54) is 35.0 Å². The first-order valence-corrected chi connectivity index (χ1v) is 10.3. The highest BCUT2D eigenvalue weighted by molar-refractivity contribution is 7.18. The Morgan fingerprint density at radius 1 is 1.07 bits per heavy atom. The number of aromatic nitrogens is 3. The van der Waals surface area contributed by atoms with Crippen LogP contribution < -0.4 is 11.1 Å². The van der Waals surface area contributed by atoms with E-state index in [4.69, 9.17) is 5.73 Å². The first-order valence-electron chi connectivity index (χ1n) is 8.72. The zero-order valence-corrected chi connectivity index (χ0v) is 16.6. The molecule has 0 aliphatic carbocycles. The topological polar surface area (TPSA) is 76.7 Å². The quantitative estimate of drug-likeness (QED) is 0.454. The van der Waals surface area contributed by atoms with Crippen molar-refractivity contribution in [2.24, 2.45) is 5.73 Å². The van der Waals surface area contributed by atoms with E-state index in [0.717, 1.165) is 38.4 Å². The van der Waals surface area contributed by atoms with Crippen molar-refractivity contribution < 1.29 is 13.2 Å². The SMILES string of the molecule is N[C@@H](CNc1nnc(-c2ccc3cnsc3c2)s1)Cc1ccc(C(F)(F)F)cc1. The van der Waals surface area contributed by atoms with Crippen LogP contribution in [0.25, 0.3) is 20.7 Å². The predicted octanol–water partition coefficient (Wildman–Crippen LogP) is 4.82. The Hall–Kier alpha value is -2.56. The number of nitrogens with two attached hydrogens (primary N) is 1. The fourth-order valence-electron chi connectivity index (χ4n) is 2.83. The van der Waals surface area contributed by atoms with E-state index in [9.17, 15) is 13.2 Å². The zero-order valence-electron chi connectivity index (χ0n) is 15.0. The molecule has 0 fully saturated rings. The highest BCUT2D eigenvalue weighted by Gasteiger charge is 2.29. The lowest BCUT2D eigenvalue weighted by atomic mass is 10.0. The van der Waals surface area contributed by atoms with E-state index in [1.54, 1.807) is 0 Å². The molecule has 1 atom stereocenters. The maximum Gasteiger partial charge on any atom is 0.416 e. The van der Waals surface area contributed by atoms with Gasteiger partial charge in [-0.1, -0.05) is 35.6 Å². The number of rotatable bonds is 6. The van der Waals surface area contributed by atoms with Crippen molar-refractivity contribution in [3.8, 4) is 10.6 Å².